The van der Waals surface area contributed by atoms with E-state index in [4.69, 9.17) is 4.74 Å². The lowest BCUT2D eigenvalue weighted by molar-refractivity contribution is -0.144. The third-order valence-corrected chi connectivity index (χ3v) is 3.75. The average molecular weight is 320 g/mol. The van der Waals surface area contributed by atoms with Crippen LogP contribution < -0.4 is 10.6 Å². The molecular weight excluding hydrogens is 292 g/mol. The van der Waals surface area contributed by atoms with Crippen LogP contribution in [0.3, 0.4) is 0 Å². The minimum atomic E-state index is -0.517. The van der Waals surface area contributed by atoms with Gasteiger partial charge < -0.3 is 10.1 Å². The quantitative estimate of drug-likeness (QED) is 0.758. The Morgan fingerprint density at radius 3 is 1.91 bits per heavy atom. The van der Waals surface area contributed by atoms with Gasteiger partial charge >= 0.3 is 5.97 Å². The molecule has 23 heavy (non-hydrogen) atoms. The topological polar surface area (TPSA) is 67.4 Å². The summed E-state index contributed by atoms with van der Waals surface area (Å²) < 4.78 is 4.83. The van der Waals surface area contributed by atoms with Crippen LogP contribution in [0.4, 0.5) is 5.69 Å². The molecule has 0 heterocycles. The number of hydrogen-bond donors (Lipinski definition) is 2. The van der Waals surface area contributed by atoms with Crippen LogP contribution in [-0.4, -0.2) is 31.1 Å². The number of methoxy groups -OCH3 is 1. The van der Waals surface area contributed by atoms with Gasteiger partial charge in [0.25, 0.3) is 0 Å². The minimum Gasteiger partial charge on any atom is -0.468 e. The number of amides is 1. The largest absolute Gasteiger partial charge is 0.468 e. The van der Waals surface area contributed by atoms with E-state index in [1.54, 1.807) is 0 Å². The Kier molecular flexibility index (Phi) is 7.23. The van der Waals surface area contributed by atoms with Crippen LogP contribution in [0, 0.1) is 18.8 Å². The Balaban J connectivity index is 2.85. The smallest absolute Gasteiger partial charge is 0.323 e. The molecule has 0 aliphatic rings. The summed E-state index contributed by atoms with van der Waals surface area (Å²) in [4.78, 5) is 24.5. The van der Waals surface area contributed by atoms with Gasteiger partial charge in [0.05, 0.1) is 13.2 Å². The van der Waals surface area contributed by atoms with Crippen molar-refractivity contribution in [2.75, 3.05) is 12.4 Å². The highest BCUT2D eigenvalue weighted by Gasteiger charge is 2.31. The summed E-state index contributed by atoms with van der Waals surface area (Å²) in [6.45, 7) is 9.73. The van der Waals surface area contributed by atoms with Gasteiger partial charge in [0.2, 0.25) is 5.91 Å². The highest BCUT2D eigenvalue weighted by Crippen LogP contribution is 2.13. The zero-order valence-electron chi connectivity index (χ0n) is 14.8. The standard InChI is InChI=1S/C18H28N2O3/c1-11(2)15(20-16(12(3)4)18(22)23-6)17(21)19-14-9-7-13(5)8-10-14/h7-12,15-16,20H,1-6H3,(H,19,21)/t15-,16+/m0/s1. The molecule has 0 radical (unpaired) electrons. The maximum Gasteiger partial charge on any atom is 0.323 e. The molecule has 0 saturated heterocycles. The summed E-state index contributed by atoms with van der Waals surface area (Å²) in [6.07, 6.45) is 0. The first kappa shape index (κ1) is 19.2. The average Bonchev–Trinajstić information content (AvgIpc) is 2.48. The summed E-state index contributed by atoms with van der Waals surface area (Å²) in [7, 11) is 1.36. The number of rotatable bonds is 7. The normalized spacial score (nSPS) is 13.7. The van der Waals surface area contributed by atoms with E-state index >= 15 is 0 Å². The number of esters is 1. The van der Waals surface area contributed by atoms with Crippen molar-refractivity contribution in [3.05, 3.63) is 29.8 Å². The van der Waals surface area contributed by atoms with Crippen LogP contribution in [0.2, 0.25) is 0 Å². The molecule has 0 bridgehead atoms. The number of benzene rings is 1. The molecule has 1 aromatic rings. The summed E-state index contributed by atoms with van der Waals surface area (Å²) in [6, 6.07) is 6.62. The third-order valence-electron chi connectivity index (χ3n) is 3.75. The Labute approximate surface area is 138 Å². The SMILES string of the molecule is COC(=O)[C@H](N[C@H](C(=O)Nc1ccc(C)cc1)C(C)C)C(C)C. The van der Waals surface area contributed by atoms with Crippen molar-refractivity contribution in [2.24, 2.45) is 11.8 Å². The Hall–Kier alpha value is -1.88. The molecule has 1 amide bonds. The van der Waals surface area contributed by atoms with Crippen LogP contribution in [0.15, 0.2) is 24.3 Å². The first-order chi connectivity index (χ1) is 10.8. The molecule has 0 aliphatic heterocycles. The molecule has 0 spiro atoms. The second-order valence-corrected chi connectivity index (χ2v) is 6.49. The number of carbonyl (C=O) groups is 2. The number of hydrogen-bond acceptors (Lipinski definition) is 4. The van der Waals surface area contributed by atoms with Crippen molar-refractivity contribution in [2.45, 2.75) is 46.7 Å². The van der Waals surface area contributed by atoms with Crippen molar-refractivity contribution >= 4 is 17.6 Å². The van der Waals surface area contributed by atoms with Crippen LogP contribution >= 0.6 is 0 Å². The molecule has 1 aromatic carbocycles. The van der Waals surface area contributed by atoms with Crippen molar-refractivity contribution in [1.29, 1.82) is 0 Å². The monoisotopic (exact) mass is 320 g/mol. The molecule has 5 nitrogen and oxygen atoms in total. The van der Waals surface area contributed by atoms with Gasteiger partial charge in [-0.25, -0.2) is 0 Å². The lowest BCUT2D eigenvalue weighted by atomic mass is 9.98. The van der Waals surface area contributed by atoms with E-state index < -0.39 is 12.1 Å². The Bertz CT molecular complexity index is 524. The molecule has 0 saturated carbocycles. The van der Waals surface area contributed by atoms with Gasteiger partial charge in [-0.05, 0) is 30.9 Å². The number of nitrogens with one attached hydrogen (secondary N) is 2. The maximum atomic E-state index is 12.6. The van der Waals surface area contributed by atoms with Crippen LogP contribution in [0.25, 0.3) is 0 Å². The predicted octanol–water partition coefficient (Wildman–Crippen LogP) is 2.75. The molecule has 2 N–H and O–H groups in total. The lowest BCUT2D eigenvalue weighted by Crippen LogP contribution is -2.53. The Morgan fingerprint density at radius 1 is 0.957 bits per heavy atom. The molecule has 128 valence electrons. The van der Waals surface area contributed by atoms with E-state index in [-0.39, 0.29) is 23.7 Å². The number of carbonyl (C=O) groups excluding carboxylic acids is 2. The molecule has 0 aliphatic carbocycles. The molecule has 5 heteroatoms. The summed E-state index contributed by atoms with van der Waals surface area (Å²) in [5, 5.41) is 6.05. The van der Waals surface area contributed by atoms with E-state index in [1.165, 1.54) is 7.11 Å². The fourth-order valence-corrected chi connectivity index (χ4v) is 2.28. The van der Waals surface area contributed by atoms with Gasteiger partial charge in [0, 0.05) is 5.69 Å². The van der Waals surface area contributed by atoms with E-state index in [0.29, 0.717) is 0 Å². The van der Waals surface area contributed by atoms with Gasteiger partial charge in [-0.15, -0.1) is 0 Å². The van der Waals surface area contributed by atoms with Gasteiger partial charge in [-0.2, -0.15) is 0 Å². The van der Waals surface area contributed by atoms with Gasteiger partial charge in [0.1, 0.15) is 6.04 Å². The van der Waals surface area contributed by atoms with Crippen molar-refractivity contribution in [3.63, 3.8) is 0 Å². The molecule has 2 atom stereocenters. The van der Waals surface area contributed by atoms with Crippen LogP contribution in [-0.2, 0) is 14.3 Å². The molecule has 0 aromatic heterocycles. The maximum absolute atomic E-state index is 12.6. The van der Waals surface area contributed by atoms with Crippen molar-refractivity contribution in [3.8, 4) is 0 Å². The van der Waals surface area contributed by atoms with Gasteiger partial charge in [-0.1, -0.05) is 45.4 Å². The van der Waals surface area contributed by atoms with Gasteiger partial charge in [0.15, 0.2) is 0 Å². The van der Waals surface area contributed by atoms with E-state index in [1.807, 2.05) is 58.9 Å². The molecule has 1 rings (SSSR count). The van der Waals surface area contributed by atoms with Crippen LogP contribution in [0.5, 0.6) is 0 Å². The lowest BCUT2D eigenvalue weighted by Gasteiger charge is -2.28. The number of aryl methyl sites for hydroxylation is 1. The summed E-state index contributed by atoms with van der Waals surface area (Å²) >= 11 is 0. The van der Waals surface area contributed by atoms with Crippen LogP contribution in [0.1, 0.15) is 33.3 Å². The van der Waals surface area contributed by atoms with E-state index in [2.05, 4.69) is 10.6 Å². The molecule has 0 fully saturated rings. The minimum absolute atomic E-state index is 0.0240. The molecular formula is C18H28N2O3. The highest BCUT2D eigenvalue weighted by molar-refractivity contribution is 5.95. The third kappa shape index (κ3) is 5.67. The van der Waals surface area contributed by atoms with Crippen molar-refractivity contribution in [1.82, 2.24) is 5.32 Å². The fourth-order valence-electron chi connectivity index (χ4n) is 2.28. The number of ether oxygens (including phenoxy) is 1. The first-order valence-corrected chi connectivity index (χ1v) is 7.97. The first-order valence-electron chi connectivity index (χ1n) is 7.97. The van der Waals surface area contributed by atoms with E-state index in [0.717, 1.165) is 11.3 Å². The van der Waals surface area contributed by atoms with Gasteiger partial charge in [-0.3, -0.25) is 14.9 Å². The summed E-state index contributed by atoms with van der Waals surface area (Å²) in [5.74, 6) is -0.450. The zero-order valence-corrected chi connectivity index (χ0v) is 14.8. The summed E-state index contributed by atoms with van der Waals surface area (Å²) in [5.41, 5.74) is 1.87. The highest BCUT2D eigenvalue weighted by atomic mass is 16.5. The fraction of sp³-hybridized carbons (Fsp3) is 0.556. The number of anilines is 1. The van der Waals surface area contributed by atoms with E-state index in [9.17, 15) is 9.59 Å². The van der Waals surface area contributed by atoms with Crippen molar-refractivity contribution < 1.29 is 14.3 Å². The second kappa shape index (κ2) is 8.67. The predicted molar refractivity (Wildman–Crippen MR) is 92.2 cm³/mol. The zero-order chi connectivity index (χ0) is 17.6. The second-order valence-electron chi connectivity index (χ2n) is 6.49. The molecule has 0 unspecified atom stereocenters. The Morgan fingerprint density at radius 2 is 1.48 bits per heavy atom.